The van der Waals surface area contributed by atoms with E-state index in [4.69, 9.17) is 14.2 Å². The molecule has 1 aliphatic heterocycles. The van der Waals surface area contributed by atoms with Crippen molar-refractivity contribution in [1.82, 2.24) is 0 Å². The summed E-state index contributed by atoms with van der Waals surface area (Å²) in [4.78, 5) is 0. The van der Waals surface area contributed by atoms with E-state index >= 15 is 0 Å². The van der Waals surface area contributed by atoms with Crippen LogP contribution < -0.4 is 0 Å². The third kappa shape index (κ3) is 3.29. The number of rotatable bonds is 4. The molecular weight excluding hydrogens is 232 g/mol. The summed E-state index contributed by atoms with van der Waals surface area (Å²) in [5, 5.41) is 9.60. The lowest BCUT2D eigenvalue weighted by atomic mass is 10.0. The summed E-state index contributed by atoms with van der Waals surface area (Å²) < 4.78 is 16.6. The highest BCUT2D eigenvalue weighted by Gasteiger charge is 2.36. The van der Waals surface area contributed by atoms with E-state index in [0.29, 0.717) is 13.0 Å². The third-order valence-electron chi connectivity index (χ3n) is 3.21. The number of aliphatic hydroxyl groups excluding tert-OH is 1. The van der Waals surface area contributed by atoms with Gasteiger partial charge in [0.2, 0.25) is 0 Å². The molecule has 0 saturated carbocycles. The Labute approximate surface area is 107 Å². The monoisotopic (exact) mass is 252 g/mol. The van der Waals surface area contributed by atoms with Gasteiger partial charge in [0.15, 0.2) is 6.29 Å². The van der Waals surface area contributed by atoms with E-state index in [9.17, 15) is 5.11 Å². The van der Waals surface area contributed by atoms with Crippen molar-refractivity contribution in [3.05, 3.63) is 35.9 Å². The second-order valence-corrected chi connectivity index (χ2v) is 4.57. The Morgan fingerprint density at radius 2 is 2.06 bits per heavy atom. The van der Waals surface area contributed by atoms with Crippen LogP contribution >= 0.6 is 0 Å². The van der Waals surface area contributed by atoms with Crippen molar-refractivity contribution in [2.45, 2.75) is 44.6 Å². The van der Waals surface area contributed by atoms with Crippen LogP contribution in [0.1, 0.15) is 18.9 Å². The number of benzene rings is 1. The molecule has 1 fully saturated rings. The molecule has 1 heterocycles. The molecule has 18 heavy (non-hydrogen) atoms. The van der Waals surface area contributed by atoms with Crippen LogP contribution in [0.15, 0.2) is 30.3 Å². The van der Waals surface area contributed by atoms with Gasteiger partial charge in [-0.15, -0.1) is 0 Å². The molecule has 0 aliphatic carbocycles. The van der Waals surface area contributed by atoms with Gasteiger partial charge in [0.05, 0.1) is 18.8 Å². The summed E-state index contributed by atoms with van der Waals surface area (Å²) in [7, 11) is 1.64. The third-order valence-corrected chi connectivity index (χ3v) is 3.21. The van der Waals surface area contributed by atoms with E-state index in [0.717, 1.165) is 5.56 Å². The van der Waals surface area contributed by atoms with E-state index in [1.807, 2.05) is 37.3 Å². The van der Waals surface area contributed by atoms with E-state index in [1.165, 1.54) is 0 Å². The lowest BCUT2D eigenvalue weighted by molar-refractivity contribution is -0.243. The predicted molar refractivity (Wildman–Crippen MR) is 67.0 cm³/mol. The Balaban J connectivity index is 1.94. The molecule has 4 heteroatoms. The summed E-state index contributed by atoms with van der Waals surface area (Å²) in [6.45, 7) is 2.40. The van der Waals surface area contributed by atoms with Gasteiger partial charge >= 0.3 is 0 Å². The first-order valence-corrected chi connectivity index (χ1v) is 6.22. The van der Waals surface area contributed by atoms with Gasteiger partial charge < -0.3 is 19.3 Å². The molecule has 0 aromatic heterocycles. The highest BCUT2D eigenvalue weighted by molar-refractivity contribution is 5.13. The Kier molecular flexibility index (Phi) is 4.72. The topological polar surface area (TPSA) is 47.9 Å². The highest BCUT2D eigenvalue weighted by Crippen LogP contribution is 2.24. The first-order valence-electron chi connectivity index (χ1n) is 6.22. The van der Waals surface area contributed by atoms with Crippen LogP contribution in [0.4, 0.5) is 0 Å². The minimum atomic E-state index is -0.771. The molecule has 1 aliphatic rings. The van der Waals surface area contributed by atoms with Crippen molar-refractivity contribution in [3.8, 4) is 0 Å². The van der Waals surface area contributed by atoms with Crippen LogP contribution in [0.25, 0.3) is 0 Å². The van der Waals surface area contributed by atoms with Gasteiger partial charge in [0.1, 0.15) is 6.10 Å². The molecule has 1 aromatic rings. The molecule has 1 aromatic carbocycles. The van der Waals surface area contributed by atoms with Crippen LogP contribution in [-0.2, 0) is 20.8 Å². The normalized spacial score (nSPS) is 32.4. The molecule has 0 bridgehead atoms. The number of ether oxygens (including phenoxy) is 3. The van der Waals surface area contributed by atoms with E-state index in [1.54, 1.807) is 7.11 Å². The van der Waals surface area contributed by atoms with Crippen LogP contribution in [0, 0.1) is 0 Å². The standard InChI is InChI=1S/C14H20O4/c1-10-14(16-2)12(8-13(15)18-10)17-9-11-6-4-3-5-7-11/h3-7,10,12-15H,8-9H2,1-2H3/t10-,12-,13+,14+/m1/s1. The van der Waals surface area contributed by atoms with Crippen molar-refractivity contribution < 1.29 is 19.3 Å². The van der Waals surface area contributed by atoms with Crippen molar-refractivity contribution in [1.29, 1.82) is 0 Å². The number of hydrogen-bond donors (Lipinski definition) is 1. The fourth-order valence-electron chi connectivity index (χ4n) is 2.30. The first kappa shape index (κ1) is 13.5. The van der Waals surface area contributed by atoms with Crippen molar-refractivity contribution in [2.75, 3.05) is 7.11 Å². The van der Waals surface area contributed by atoms with Gasteiger partial charge in [-0.1, -0.05) is 30.3 Å². The van der Waals surface area contributed by atoms with Gasteiger partial charge in [0.25, 0.3) is 0 Å². The van der Waals surface area contributed by atoms with Crippen LogP contribution in [0.5, 0.6) is 0 Å². The molecule has 2 rings (SSSR count). The van der Waals surface area contributed by atoms with Crippen molar-refractivity contribution >= 4 is 0 Å². The average molecular weight is 252 g/mol. The van der Waals surface area contributed by atoms with Gasteiger partial charge in [-0.3, -0.25) is 0 Å². The Morgan fingerprint density at radius 3 is 2.72 bits per heavy atom. The number of aliphatic hydroxyl groups is 1. The minimum absolute atomic E-state index is 0.142. The molecule has 4 atom stereocenters. The summed E-state index contributed by atoms with van der Waals surface area (Å²) in [5.41, 5.74) is 1.11. The molecule has 1 N–H and O–H groups in total. The lowest BCUT2D eigenvalue weighted by Gasteiger charge is -2.37. The molecule has 0 amide bonds. The molecule has 0 spiro atoms. The molecule has 4 nitrogen and oxygen atoms in total. The van der Waals surface area contributed by atoms with Gasteiger partial charge in [-0.05, 0) is 12.5 Å². The van der Waals surface area contributed by atoms with Crippen LogP contribution in [0.3, 0.4) is 0 Å². The zero-order valence-electron chi connectivity index (χ0n) is 10.8. The molecule has 0 radical (unpaired) electrons. The smallest absolute Gasteiger partial charge is 0.157 e. The fraction of sp³-hybridized carbons (Fsp3) is 0.571. The maximum Gasteiger partial charge on any atom is 0.157 e. The van der Waals surface area contributed by atoms with E-state index in [2.05, 4.69) is 0 Å². The molecular formula is C14H20O4. The number of hydrogen-bond acceptors (Lipinski definition) is 4. The summed E-state index contributed by atoms with van der Waals surface area (Å²) >= 11 is 0. The van der Waals surface area contributed by atoms with E-state index < -0.39 is 6.29 Å². The van der Waals surface area contributed by atoms with Crippen molar-refractivity contribution in [3.63, 3.8) is 0 Å². The Morgan fingerprint density at radius 1 is 1.33 bits per heavy atom. The fourth-order valence-corrected chi connectivity index (χ4v) is 2.30. The Bertz CT molecular complexity index is 354. The zero-order valence-corrected chi connectivity index (χ0v) is 10.8. The largest absolute Gasteiger partial charge is 0.376 e. The molecule has 100 valence electrons. The highest BCUT2D eigenvalue weighted by atomic mass is 16.6. The summed E-state index contributed by atoms with van der Waals surface area (Å²) in [6.07, 6.45) is -0.784. The second kappa shape index (κ2) is 6.29. The van der Waals surface area contributed by atoms with Gasteiger partial charge in [-0.25, -0.2) is 0 Å². The van der Waals surface area contributed by atoms with Gasteiger partial charge in [0, 0.05) is 13.5 Å². The van der Waals surface area contributed by atoms with Crippen LogP contribution in [-0.4, -0.2) is 36.8 Å². The van der Waals surface area contributed by atoms with Gasteiger partial charge in [-0.2, -0.15) is 0 Å². The maximum atomic E-state index is 9.60. The first-order chi connectivity index (χ1) is 8.70. The number of methoxy groups -OCH3 is 1. The summed E-state index contributed by atoms with van der Waals surface area (Å²) in [6, 6.07) is 9.96. The minimum Gasteiger partial charge on any atom is -0.376 e. The quantitative estimate of drug-likeness (QED) is 0.886. The predicted octanol–water partition coefficient (Wildman–Crippen LogP) is 1.71. The maximum absolute atomic E-state index is 9.60. The Hall–Kier alpha value is -0.940. The molecule has 0 unspecified atom stereocenters. The summed E-state index contributed by atoms with van der Waals surface area (Å²) in [5.74, 6) is 0. The average Bonchev–Trinajstić information content (AvgIpc) is 2.37. The van der Waals surface area contributed by atoms with E-state index in [-0.39, 0.29) is 18.3 Å². The SMILES string of the molecule is CO[C@H]1[C@@H](C)O[C@H](O)C[C@H]1OCc1ccccc1. The lowest BCUT2D eigenvalue weighted by Crippen LogP contribution is -2.49. The zero-order chi connectivity index (χ0) is 13.0. The van der Waals surface area contributed by atoms with Crippen molar-refractivity contribution in [2.24, 2.45) is 0 Å². The second-order valence-electron chi connectivity index (χ2n) is 4.57. The molecule has 1 saturated heterocycles. The van der Waals surface area contributed by atoms with Crippen LogP contribution in [0.2, 0.25) is 0 Å².